The van der Waals surface area contributed by atoms with E-state index in [9.17, 15) is 9.59 Å². The lowest BCUT2D eigenvalue weighted by atomic mass is 9.96. The zero-order valence-corrected chi connectivity index (χ0v) is 12.1. The molecule has 20 heavy (non-hydrogen) atoms. The number of hydrogen-bond acceptors (Lipinski definition) is 3. The van der Waals surface area contributed by atoms with Crippen LogP contribution in [0.15, 0.2) is 6.07 Å². The molecule has 2 aliphatic rings. The first-order valence-corrected chi connectivity index (χ1v) is 7.50. The Bertz CT molecular complexity index is 554. The van der Waals surface area contributed by atoms with Crippen LogP contribution in [0, 0.1) is 13.8 Å². The number of aryl methyl sites for hydroxylation is 1. The van der Waals surface area contributed by atoms with Crippen LogP contribution < -0.4 is 0 Å². The lowest BCUT2D eigenvalue weighted by molar-refractivity contribution is -0.129. The van der Waals surface area contributed by atoms with E-state index in [-0.39, 0.29) is 11.8 Å². The van der Waals surface area contributed by atoms with Crippen LogP contribution in [0.25, 0.3) is 0 Å². The predicted octanol–water partition coefficient (Wildman–Crippen LogP) is 3.11. The summed E-state index contributed by atoms with van der Waals surface area (Å²) in [5.41, 5.74) is 2.69. The Labute approximate surface area is 119 Å². The monoisotopic (exact) mass is 275 g/mol. The predicted molar refractivity (Wildman–Crippen MR) is 74.9 cm³/mol. The molecule has 4 nitrogen and oxygen atoms in total. The largest absolute Gasteiger partial charge is 0.451 e. The molecule has 0 N–H and O–H groups in total. The molecule has 0 saturated heterocycles. The van der Waals surface area contributed by atoms with Crippen molar-refractivity contribution in [1.82, 2.24) is 4.57 Å². The molecular formula is C16H21NO3. The molecule has 1 aromatic rings. The highest BCUT2D eigenvalue weighted by atomic mass is 16.5. The highest BCUT2D eigenvalue weighted by Crippen LogP contribution is 2.38. The fourth-order valence-corrected chi connectivity index (χ4v) is 3.15. The van der Waals surface area contributed by atoms with Gasteiger partial charge in [0.1, 0.15) is 0 Å². The van der Waals surface area contributed by atoms with Crippen molar-refractivity contribution >= 4 is 11.8 Å². The molecule has 0 radical (unpaired) electrons. The summed E-state index contributed by atoms with van der Waals surface area (Å²) in [6, 6.07) is 2.44. The van der Waals surface area contributed by atoms with E-state index < -0.39 is 6.10 Å². The molecule has 1 aromatic heterocycles. The van der Waals surface area contributed by atoms with Crippen LogP contribution in [0.3, 0.4) is 0 Å². The molecule has 4 heteroatoms. The number of aromatic nitrogens is 1. The van der Waals surface area contributed by atoms with Crippen molar-refractivity contribution in [1.29, 1.82) is 0 Å². The van der Waals surface area contributed by atoms with Crippen LogP contribution in [0.2, 0.25) is 0 Å². The fourth-order valence-electron chi connectivity index (χ4n) is 3.15. The number of carbonyl (C=O) groups excluding carboxylic acids is 2. The molecule has 0 aromatic carbocycles. The number of esters is 1. The van der Waals surface area contributed by atoms with Gasteiger partial charge in [0, 0.05) is 23.9 Å². The van der Waals surface area contributed by atoms with Crippen molar-refractivity contribution in [2.75, 3.05) is 0 Å². The Morgan fingerprint density at radius 2 is 2.00 bits per heavy atom. The highest BCUT2D eigenvalue weighted by molar-refractivity contribution is 5.94. The van der Waals surface area contributed by atoms with Crippen LogP contribution in [0.4, 0.5) is 0 Å². The topological polar surface area (TPSA) is 48.3 Å². The van der Waals surface area contributed by atoms with Gasteiger partial charge >= 0.3 is 5.97 Å². The normalized spacial score (nSPS) is 22.9. The van der Waals surface area contributed by atoms with Gasteiger partial charge in [0.25, 0.3) is 0 Å². The first-order valence-electron chi connectivity index (χ1n) is 7.50. The van der Waals surface area contributed by atoms with Crippen molar-refractivity contribution in [3.8, 4) is 0 Å². The highest BCUT2D eigenvalue weighted by Gasteiger charge is 2.31. The average molecular weight is 275 g/mol. The van der Waals surface area contributed by atoms with Gasteiger partial charge in [-0.1, -0.05) is 0 Å². The average Bonchev–Trinajstić information content (AvgIpc) is 3.19. The maximum atomic E-state index is 12.3. The Balaban J connectivity index is 1.77. The molecule has 1 heterocycles. The van der Waals surface area contributed by atoms with Crippen molar-refractivity contribution in [2.45, 2.75) is 64.5 Å². The van der Waals surface area contributed by atoms with Crippen LogP contribution in [0.5, 0.6) is 0 Å². The van der Waals surface area contributed by atoms with Crippen molar-refractivity contribution in [2.24, 2.45) is 0 Å². The standard InChI is InChI=1S/C16H21NO3/c1-10-9-13(11(2)17(10)12-7-8-12)16(19)20-15-6-4-3-5-14(15)18/h9,12,15H,3-8H2,1-2H3/t15-/m1/s1. The number of carbonyl (C=O) groups is 2. The van der Waals surface area contributed by atoms with Crippen molar-refractivity contribution in [3.63, 3.8) is 0 Å². The van der Waals surface area contributed by atoms with Crippen LogP contribution in [-0.4, -0.2) is 22.4 Å². The third-order valence-corrected chi connectivity index (χ3v) is 4.36. The Kier molecular flexibility index (Phi) is 3.40. The molecule has 0 aliphatic heterocycles. The van der Waals surface area contributed by atoms with E-state index in [4.69, 9.17) is 4.74 Å². The minimum absolute atomic E-state index is 0.0700. The summed E-state index contributed by atoms with van der Waals surface area (Å²) in [6.45, 7) is 3.98. The van der Waals surface area contributed by atoms with Gasteiger partial charge in [-0.15, -0.1) is 0 Å². The van der Waals surface area contributed by atoms with Gasteiger partial charge in [-0.05, 0) is 52.0 Å². The summed E-state index contributed by atoms with van der Waals surface area (Å²) >= 11 is 0. The number of ether oxygens (including phenoxy) is 1. The molecule has 108 valence electrons. The van der Waals surface area contributed by atoms with Gasteiger partial charge in [0.15, 0.2) is 11.9 Å². The number of hydrogen-bond donors (Lipinski definition) is 0. The van der Waals surface area contributed by atoms with Gasteiger partial charge in [0.2, 0.25) is 0 Å². The zero-order valence-electron chi connectivity index (χ0n) is 12.1. The summed E-state index contributed by atoms with van der Waals surface area (Å²) in [5.74, 6) is -0.272. The molecule has 0 amide bonds. The Hall–Kier alpha value is -1.58. The summed E-state index contributed by atoms with van der Waals surface area (Å²) < 4.78 is 7.66. The minimum Gasteiger partial charge on any atom is -0.451 e. The Morgan fingerprint density at radius 1 is 1.25 bits per heavy atom. The quantitative estimate of drug-likeness (QED) is 0.796. The smallest absolute Gasteiger partial charge is 0.340 e. The van der Waals surface area contributed by atoms with E-state index in [1.165, 1.54) is 12.8 Å². The van der Waals surface area contributed by atoms with Crippen LogP contribution in [0.1, 0.15) is 66.3 Å². The van der Waals surface area contributed by atoms with E-state index in [2.05, 4.69) is 4.57 Å². The minimum atomic E-state index is -0.528. The van der Waals surface area contributed by atoms with Crippen molar-refractivity contribution in [3.05, 3.63) is 23.0 Å². The van der Waals surface area contributed by atoms with E-state index in [0.717, 1.165) is 24.2 Å². The first kappa shape index (κ1) is 13.4. The zero-order chi connectivity index (χ0) is 14.3. The molecule has 2 fully saturated rings. The molecule has 3 rings (SSSR count). The van der Waals surface area contributed by atoms with Crippen LogP contribution in [-0.2, 0) is 9.53 Å². The molecule has 1 atom stereocenters. The molecule has 2 saturated carbocycles. The van der Waals surface area contributed by atoms with E-state index in [1.54, 1.807) is 0 Å². The molecule has 0 bridgehead atoms. The van der Waals surface area contributed by atoms with Gasteiger partial charge < -0.3 is 9.30 Å². The van der Waals surface area contributed by atoms with Crippen molar-refractivity contribution < 1.29 is 14.3 Å². The summed E-state index contributed by atoms with van der Waals surface area (Å²) in [4.78, 5) is 24.1. The summed E-state index contributed by atoms with van der Waals surface area (Å²) in [6.07, 6.45) is 4.94. The number of Topliss-reactive ketones (excluding diaryl/α,β-unsaturated/α-hetero) is 1. The Morgan fingerprint density at radius 3 is 2.65 bits per heavy atom. The van der Waals surface area contributed by atoms with Gasteiger partial charge in [-0.3, -0.25) is 4.79 Å². The molecule has 2 aliphatic carbocycles. The number of rotatable bonds is 3. The summed E-state index contributed by atoms with van der Waals surface area (Å²) in [5, 5.41) is 0. The van der Waals surface area contributed by atoms with E-state index in [0.29, 0.717) is 24.4 Å². The summed E-state index contributed by atoms with van der Waals surface area (Å²) in [7, 11) is 0. The maximum Gasteiger partial charge on any atom is 0.340 e. The maximum absolute atomic E-state index is 12.3. The van der Waals surface area contributed by atoms with E-state index in [1.807, 2.05) is 19.9 Å². The second-order valence-corrected chi connectivity index (χ2v) is 5.99. The van der Waals surface area contributed by atoms with Gasteiger partial charge in [-0.2, -0.15) is 0 Å². The van der Waals surface area contributed by atoms with E-state index >= 15 is 0 Å². The second-order valence-electron chi connectivity index (χ2n) is 5.99. The number of ketones is 1. The third-order valence-electron chi connectivity index (χ3n) is 4.36. The van der Waals surface area contributed by atoms with Crippen LogP contribution >= 0.6 is 0 Å². The SMILES string of the molecule is Cc1cc(C(=O)O[C@@H]2CCCCC2=O)c(C)n1C1CC1. The van der Waals surface area contributed by atoms with Gasteiger partial charge in [0.05, 0.1) is 5.56 Å². The first-order chi connectivity index (χ1) is 9.58. The lowest BCUT2D eigenvalue weighted by Gasteiger charge is -2.20. The third kappa shape index (κ3) is 2.39. The van der Waals surface area contributed by atoms with Gasteiger partial charge in [-0.25, -0.2) is 4.79 Å². The second kappa shape index (κ2) is 5.08. The molecule has 0 spiro atoms. The molecular weight excluding hydrogens is 254 g/mol. The lowest BCUT2D eigenvalue weighted by Crippen LogP contribution is -2.30. The number of nitrogens with zero attached hydrogens (tertiary/aromatic N) is 1. The fraction of sp³-hybridized carbons (Fsp3) is 0.625. The molecule has 0 unspecified atom stereocenters.